The number of hydrogen-bond donors (Lipinski definition) is 1. The molecule has 1 aromatic heterocycles. The number of ether oxygens (including phenoxy) is 3. The van der Waals surface area contributed by atoms with E-state index in [1.165, 1.54) is 0 Å². The minimum Gasteiger partial charge on any atom is -0.497 e. The van der Waals surface area contributed by atoms with Crippen LogP contribution in [-0.2, 0) is 0 Å². The highest BCUT2D eigenvalue weighted by Gasteiger charge is 2.17. The van der Waals surface area contributed by atoms with Gasteiger partial charge in [0.1, 0.15) is 11.4 Å². The highest BCUT2D eigenvalue weighted by atomic mass is 16.7. The van der Waals surface area contributed by atoms with Gasteiger partial charge in [-0.15, -0.1) is 0 Å². The van der Waals surface area contributed by atoms with Crippen molar-refractivity contribution >= 4 is 11.6 Å². The van der Waals surface area contributed by atoms with Gasteiger partial charge < -0.3 is 24.1 Å². The molecule has 0 spiro atoms. The van der Waals surface area contributed by atoms with Crippen LogP contribution in [0.25, 0.3) is 11.3 Å². The molecular weight excluding hydrogens is 324 g/mol. The van der Waals surface area contributed by atoms with Crippen molar-refractivity contribution in [2.75, 3.05) is 19.2 Å². The Hall–Kier alpha value is -3.48. The molecule has 0 fully saturated rings. The number of anilines is 1. The number of nitrogens with one attached hydrogen (secondary N) is 1. The number of hydrogen-bond acceptors (Lipinski definition) is 6. The van der Waals surface area contributed by atoms with Crippen LogP contribution in [0.5, 0.6) is 17.2 Å². The molecule has 1 aliphatic rings. The van der Waals surface area contributed by atoms with E-state index in [4.69, 9.17) is 18.7 Å². The first-order valence-electron chi connectivity index (χ1n) is 7.55. The molecule has 0 atom stereocenters. The summed E-state index contributed by atoms with van der Waals surface area (Å²) in [4.78, 5) is 12.3. The largest absolute Gasteiger partial charge is 0.497 e. The molecule has 7 heteroatoms. The zero-order chi connectivity index (χ0) is 17.2. The van der Waals surface area contributed by atoms with Crippen LogP contribution in [0.2, 0.25) is 0 Å². The summed E-state index contributed by atoms with van der Waals surface area (Å²) in [6.07, 6.45) is 0. The molecule has 25 heavy (non-hydrogen) atoms. The molecule has 4 rings (SSSR count). The van der Waals surface area contributed by atoms with Crippen molar-refractivity contribution in [3.63, 3.8) is 0 Å². The molecular formula is C18H14N2O5. The van der Waals surface area contributed by atoms with Gasteiger partial charge >= 0.3 is 0 Å². The maximum Gasteiger partial charge on any atom is 0.294 e. The average molecular weight is 338 g/mol. The molecule has 0 unspecified atom stereocenters. The Labute approximate surface area is 143 Å². The molecule has 1 aliphatic heterocycles. The topological polar surface area (TPSA) is 82.8 Å². The monoisotopic (exact) mass is 338 g/mol. The number of carbonyl (C=O) groups excluding carboxylic acids is 1. The van der Waals surface area contributed by atoms with E-state index in [1.807, 2.05) is 24.3 Å². The maximum atomic E-state index is 12.3. The Kier molecular flexibility index (Phi) is 3.74. The van der Waals surface area contributed by atoms with Crippen molar-refractivity contribution in [3.8, 4) is 28.5 Å². The van der Waals surface area contributed by atoms with Crippen LogP contribution >= 0.6 is 0 Å². The molecule has 1 amide bonds. The third-order valence-corrected chi connectivity index (χ3v) is 3.73. The number of methoxy groups -OCH3 is 1. The van der Waals surface area contributed by atoms with Crippen molar-refractivity contribution in [1.82, 2.24) is 5.16 Å². The van der Waals surface area contributed by atoms with Crippen LogP contribution in [0.15, 0.2) is 53.1 Å². The molecule has 0 bridgehead atoms. The molecule has 1 N–H and O–H groups in total. The van der Waals surface area contributed by atoms with Crippen molar-refractivity contribution < 1.29 is 23.5 Å². The SMILES string of the molecule is COc1cccc(-c2cc(C(=O)Nc3ccc4c(c3)OCO4)on2)c1. The lowest BCUT2D eigenvalue weighted by molar-refractivity contribution is 0.0988. The highest BCUT2D eigenvalue weighted by molar-refractivity contribution is 6.02. The summed E-state index contributed by atoms with van der Waals surface area (Å²) in [5.74, 6) is 1.65. The highest BCUT2D eigenvalue weighted by Crippen LogP contribution is 2.34. The Morgan fingerprint density at radius 2 is 2.00 bits per heavy atom. The maximum absolute atomic E-state index is 12.3. The van der Waals surface area contributed by atoms with Crippen LogP contribution in [0, 0.1) is 0 Å². The van der Waals surface area contributed by atoms with Crippen molar-refractivity contribution in [3.05, 3.63) is 54.3 Å². The number of fused-ring (bicyclic) bond motifs is 1. The van der Waals surface area contributed by atoms with Crippen molar-refractivity contribution in [2.45, 2.75) is 0 Å². The van der Waals surface area contributed by atoms with Crippen molar-refractivity contribution in [1.29, 1.82) is 0 Å². The second kappa shape index (κ2) is 6.20. The van der Waals surface area contributed by atoms with E-state index in [1.54, 1.807) is 31.4 Å². The van der Waals surface area contributed by atoms with E-state index in [0.717, 1.165) is 5.56 Å². The Balaban J connectivity index is 1.52. The fourth-order valence-corrected chi connectivity index (χ4v) is 2.47. The van der Waals surface area contributed by atoms with Gasteiger partial charge in [-0.2, -0.15) is 0 Å². The van der Waals surface area contributed by atoms with Gasteiger partial charge in [-0.1, -0.05) is 17.3 Å². The fourth-order valence-electron chi connectivity index (χ4n) is 2.47. The Morgan fingerprint density at radius 1 is 1.12 bits per heavy atom. The van der Waals surface area contributed by atoms with Gasteiger partial charge in [0.05, 0.1) is 7.11 Å². The van der Waals surface area contributed by atoms with Crippen LogP contribution in [0.4, 0.5) is 5.69 Å². The lowest BCUT2D eigenvalue weighted by Crippen LogP contribution is -2.10. The zero-order valence-electron chi connectivity index (χ0n) is 13.3. The molecule has 2 aromatic carbocycles. The van der Waals surface area contributed by atoms with E-state index in [9.17, 15) is 4.79 Å². The van der Waals surface area contributed by atoms with Gasteiger partial charge in [0.15, 0.2) is 11.5 Å². The predicted molar refractivity (Wildman–Crippen MR) is 89.0 cm³/mol. The fraction of sp³-hybridized carbons (Fsp3) is 0.111. The van der Waals surface area contributed by atoms with Crippen LogP contribution in [0.1, 0.15) is 10.6 Å². The second-order valence-electron chi connectivity index (χ2n) is 5.33. The summed E-state index contributed by atoms with van der Waals surface area (Å²) in [7, 11) is 1.59. The second-order valence-corrected chi connectivity index (χ2v) is 5.33. The molecule has 0 saturated carbocycles. The zero-order valence-corrected chi connectivity index (χ0v) is 13.3. The van der Waals surface area contributed by atoms with Gasteiger partial charge in [-0.05, 0) is 24.3 Å². The van der Waals surface area contributed by atoms with E-state index < -0.39 is 5.91 Å². The van der Waals surface area contributed by atoms with Gasteiger partial charge in [-0.3, -0.25) is 4.79 Å². The van der Waals surface area contributed by atoms with Crippen LogP contribution in [0.3, 0.4) is 0 Å². The number of nitrogens with zero attached hydrogens (tertiary/aromatic N) is 1. The summed E-state index contributed by atoms with van der Waals surface area (Å²) < 4.78 is 20.9. The van der Waals surface area contributed by atoms with Crippen molar-refractivity contribution in [2.24, 2.45) is 0 Å². The Morgan fingerprint density at radius 3 is 2.88 bits per heavy atom. The normalized spacial score (nSPS) is 12.0. The quantitative estimate of drug-likeness (QED) is 0.786. The minimum atomic E-state index is -0.402. The average Bonchev–Trinajstić information content (AvgIpc) is 3.31. The lowest BCUT2D eigenvalue weighted by atomic mass is 10.1. The summed E-state index contributed by atoms with van der Waals surface area (Å²) >= 11 is 0. The van der Waals surface area contributed by atoms with Gasteiger partial charge in [0.2, 0.25) is 12.6 Å². The molecule has 0 radical (unpaired) electrons. The van der Waals surface area contributed by atoms with Gasteiger partial charge in [0.25, 0.3) is 5.91 Å². The molecule has 126 valence electrons. The predicted octanol–water partition coefficient (Wildman–Crippen LogP) is 3.33. The smallest absolute Gasteiger partial charge is 0.294 e. The lowest BCUT2D eigenvalue weighted by Gasteiger charge is -2.03. The molecule has 0 aliphatic carbocycles. The van der Waals surface area contributed by atoms with Gasteiger partial charge in [0, 0.05) is 23.4 Å². The van der Waals surface area contributed by atoms with E-state index in [-0.39, 0.29) is 12.6 Å². The first-order valence-corrected chi connectivity index (χ1v) is 7.55. The van der Waals surface area contributed by atoms with Gasteiger partial charge in [-0.25, -0.2) is 0 Å². The first kappa shape index (κ1) is 15.1. The standard InChI is InChI=1S/C18H14N2O5/c1-22-13-4-2-3-11(7-13)14-9-17(25-20-14)18(21)19-12-5-6-15-16(8-12)24-10-23-15/h2-9H,10H2,1H3,(H,19,21). The van der Waals surface area contributed by atoms with Crippen LogP contribution < -0.4 is 19.5 Å². The van der Waals surface area contributed by atoms with Crippen LogP contribution in [-0.4, -0.2) is 25.0 Å². The van der Waals surface area contributed by atoms with E-state index in [2.05, 4.69) is 10.5 Å². The number of rotatable bonds is 4. The first-order chi connectivity index (χ1) is 12.2. The third kappa shape index (κ3) is 2.99. The molecule has 0 saturated heterocycles. The summed E-state index contributed by atoms with van der Waals surface area (Å²) in [5, 5.41) is 6.69. The summed E-state index contributed by atoms with van der Waals surface area (Å²) in [6.45, 7) is 0.179. The summed E-state index contributed by atoms with van der Waals surface area (Å²) in [5.41, 5.74) is 1.92. The number of benzene rings is 2. The Bertz CT molecular complexity index is 935. The molecule has 3 aromatic rings. The number of aromatic nitrogens is 1. The van der Waals surface area contributed by atoms with E-state index >= 15 is 0 Å². The van der Waals surface area contributed by atoms with E-state index in [0.29, 0.717) is 28.6 Å². The minimum absolute atomic E-state index is 0.107. The summed E-state index contributed by atoms with van der Waals surface area (Å²) in [6, 6.07) is 14.1. The third-order valence-electron chi connectivity index (χ3n) is 3.73. The molecule has 2 heterocycles. The molecule has 7 nitrogen and oxygen atoms in total. The number of amides is 1. The number of carbonyl (C=O) groups is 1.